The van der Waals surface area contributed by atoms with Gasteiger partial charge in [-0.2, -0.15) is 0 Å². The van der Waals surface area contributed by atoms with E-state index < -0.39 is 0 Å². The highest BCUT2D eigenvalue weighted by Gasteiger charge is 2.11. The van der Waals surface area contributed by atoms with E-state index in [2.05, 4.69) is 15.5 Å². The molecule has 0 bridgehead atoms. The number of hydrogen-bond donors (Lipinski definition) is 1. The van der Waals surface area contributed by atoms with E-state index >= 15 is 0 Å². The van der Waals surface area contributed by atoms with Gasteiger partial charge in [-0.25, -0.2) is 0 Å². The molecule has 0 spiro atoms. The van der Waals surface area contributed by atoms with Crippen molar-refractivity contribution in [3.8, 4) is 5.75 Å². The van der Waals surface area contributed by atoms with Gasteiger partial charge in [0, 0.05) is 5.69 Å². The van der Waals surface area contributed by atoms with Gasteiger partial charge in [0.05, 0.1) is 5.75 Å². The molecule has 0 atom stereocenters. The minimum absolute atomic E-state index is 0.138. The molecule has 4 rings (SSSR count). The summed E-state index contributed by atoms with van der Waals surface area (Å²) in [7, 11) is 0. The van der Waals surface area contributed by atoms with Crippen LogP contribution in [0.15, 0.2) is 76.4 Å². The molecule has 0 saturated carbocycles. The Balaban J connectivity index is 1.28. The number of nitrogens with zero attached hydrogens (tertiary/aromatic N) is 2. The fourth-order valence-corrected chi connectivity index (χ4v) is 3.38. The number of hydrogen-bond acceptors (Lipinski definition) is 6. The molecule has 0 aliphatic rings. The minimum atomic E-state index is -0.138. The first-order valence-electron chi connectivity index (χ1n) is 9.09. The molecule has 1 heterocycles. The summed E-state index contributed by atoms with van der Waals surface area (Å²) in [5.74, 6) is 1.14. The summed E-state index contributed by atoms with van der Waals surface area (Å²) in [5.41, 5.74) is 1.87. The zero-order chi connectivity index (χ0) is 20.1. The topological polar surface area (TPSA) is 77.2 Å². The van der Waals surface area contributed by atoms with Gasteiger partial charge in [-0.15, -0.1) is 10.2 Å². The van der Waals surface area contributed by atoms with E-state index in [4.69, 9.17) is 9.15 Å². The molecule has 146 valence electrons. The van der Waals surface area contributed by atoms with Crippen LogP contribution in [0.25, 0.3) is 10.8 Å². The second-order valence-electron chi connectivity index (χ2n) is 6.47. The monoisotopic (exact) mass is 405 g/mol. The van der Waals surface area contributed by atoms with Crippen molar-refractivity contribution < 1.29 is 13.9 Å². The van der Waals surface area contributed by atoms with Crippen molar-refractivity contribution in [2.24, 2.45) is 0 Å². The van der Waals surface area contributed by atoms with E-state index in [-0.39, 0.29) is 18.3 Å². The predicted octanol–water partition coefficient (Wildman–Crippen LogP) is 4.84. The van der Waals surface area contributed by atoms with Crippen LogP contribution in [0.3, 0.4) is 0 Å². The number of carbonyl (C=O) groups is 1. The van der Waals surface area contributed by atoms with E-state index in [0.29, 0.717) is 11.1 Å². The SMILES string of the molecule is Cc1cccc(OCc2nnc(SCC(=O)Nc3ccc4ccccc4c3)o2)c1. The van der Waals surface area contributed by atoms with Crippen LogP contribution in [0.4, 0.5) is 5.69 Å². The van der Waals surface area contributed by atoms with Crippen LogP contribution in [0, 0.1) is 6.92 Å². The van der Waals surface area contributed by atoms with Crippen molar-refractivity contribution in [3.63, 3.8) is 0 Å². The molecule has 6 nitrogen and oxygen atoms in total. The van der Waals surface area contributed by atoms with Crippen LogP contribution in [-0.4, -0.2) is 21.9 Å². The Morgan fingerprint density at radius 1 is 1.03 bits per heavy atom. The summed E-state index contributed by atoms with van der Waals surface area (Å²) in [6, 6.07) is 21.6. The highest BCUT2D eigenvalue weighted by Crippen LogP contribution is 2.21. The van der Waals surface area contributed by atoms with Crippen molar-refractivity contribution >= 4 is 34.1 Å². The average molecular weight is 405 g/mol. The number of aromatic nitrogens is 2. The molecule has 1 aromatic heterocycles. The highest BCUT2D eigenvalue weighted by atomic mass is 32.2. The molecule has 4 aromatic rings. The number of fused-ring (bicyclic) bond motifs is 1. The maximum Gasteiger partial charge on any atom is 0.277 e. The molecular formula is C22H19N3O3S. The van der Waals surface area contributed by atoms with Crippen molar-refractivity contribution in [2.75, 3.05) is 11.1 Å². The van der Waals surface area contributed by atoms with Crippen LogP contribution in [0.2, 0.25) is 0 Å². The molecule has 0 unspecified atom stereocenters. The molecule has 29 heavy (non-hydrogen) atoms. The molecule has 0 fully saturated rings. The summed E-state index contributed by atoms with van der Waals surface area (Å²) in [5, 5.41) is 13.3. The van der Waals surface area contributed by atoms with Gasteiger partial charge in [0.15, 0.2) is 6.61 Å². The van der Waals surface area contributed by atoms with Crippen LogP contribution in [-0.2, 0) is 11.4 Å². The Morgan fingerprint density at radius 3 is 2.76 bits per heavy atom. The number of carbonyl (C=O) groups excluding carboxylic acids is 1. The maximum atomic E-state index is 12.2. The lowest BCUT2D eigenvalue weighted by Gasteiger charge is -2.05. The van der Waals surface area contributed by atoms with Crippen LogP contribution >= 0.6 is 11.8 Å². The summed E-state index contributed by atoms with van der Waals surface area (Å²) in [4.78, 5) is 12.2. The Labute approximate surface area is 172 Å². The van der Waals surface area contributed by atoms with E-state index in [1.54, 1.807) is 0 Å². The van der Waals surface area contributed by atoms with Crippen molar-refractivity contribution in [1.82, 2.24) is 10.2 Å². The first-order chi connectivity index (χ1) is 14.2. The van der Waals surface area contributed by atoms with Crippen LogP contribution in [0.5, 0.6) is 5.75 Å². The number of amides is 1. The quantitative estimate of drug-likeness (QED) is 0.443. The van der Waals surface area contributed by atoms with Crippen molar-refractivity contribution in [3.05, 3.63) is 78.2 Å². The van der Waals surface area contributed by atoms with Gasteiger partial charge < -0.3 is 14.5 Å². The standard InChI is InChI=1S/C22H19N3O3S/c1-15-5-4-8-19(11-15)27-13-21-24-25-22(28-21)29-14-20(26)23-18-10-9-16-6-2-3-7-17(16)12-18/h2-12H,13-14H2,1H3,(H,23,26). The lowest BCUT2D eigenvalue weighted by molar-refractivity contribution is -0.113. The molecular weight excluding hydrogens is 386 g/mol. The van der Waals surface area contributed by atoms with Crippen LogP contribution < -0.4 is 10.1 Å². The minimum Gasteiger partial charge on any atom is -0.484 e. The Bertz CT molecular complexity index is 1140. The third-order valence-electron chi connectivity index (χ3n) is 4.16. The molecule has 1 amide bonds. The molecule has 1 N–H and O–H groups in total. The van der Waals surface area contributed by atoms with Crippen molar-refractivity contribution in [1.29, 1.82) is 0 Å². The molecule has 0 radical (unpaired) electrons. The third kappa shape index (κ3) is 5.14. The van der Waals surface area contributed by atoms with E-state index in [1.165, 1.54) is 11.8 Å². The first kappa shape index (κ1) is 19.0. The largest absolute Gasteiger partial charge is 0.484 e. The lowest BCUT2D eigenvalue weighted by Crippen LogP contribution is -2.13. The predicted molar refractivity (Wildman–Crippen MR) is 113 cm³/mol. The van der Waals surface area contributed by atoms with Gasteiger partial charge in [-0.1, -0.05) is 54.2 Å². The number of thioether (sulfide) groups is 1. The first-order valence-corrected chi connectivity index (χ1v) is 10.1. The number of nitrogens with one attached hydrogen (secondary N) is 1. The third-order valence-corrected chi connectivity index (χ3v) is 4.98. The van der Waals surface area contributed by atoms with Crippen LogP contribution in [0.1, 0.15) is 11.5 Å². The fourth-order valence-electron chi connectivity index (χ4n) is 2.80. The zero-order valence-corrected chi connectivity index (χ0v) is 16.6. The second-order valence-corrected chi connectivity index (χ2v) is 7.39. The highest BCUT2D eigenvalue weighted by molar-refractivity contribution is 7.99. The lowest BCUT2D eigenvalue weighted by atomic mass is 10.1. The van der Waals surface area contributed by atoms with Gasteiger partial charge in [0.25, 0.3) is 11.1 Å². The van der Waals surface area contributed by atoms with Gasteiger partial charge in [-0.3, -0.25) is 4.79 Å². The Kier molecular flexibility index (Phi) is 5.76. The smallest absolute Gasteiger partial charge is 0.277 e. The van der Waals surface area contributed by atoms with Gasteiger partial charge in [0.2, 0.25) is 5.91 Å². The molecule has 3 aromatic carbocycles. The number of benzene rings is 3. The molecule has 0 saturated heterocycles. The van der Waals surface area contributed by atoms with E-state index in [0.717, 1.165) is 27.8 Å². The summed E-state index contributed by atoms with van der Waals surface area (Å²) >= 11 is 1.19. The molecule has 7 heteroatoms. The Hall–Kier alpha value is -3.32. The van der Waals surface area contributed by atoms with Gasteiger partial charge >= 0.3 is 0 Å². The normalized spacial score (nSPS) is 10.8. The molecule has 0 aliphatic carbocycles. The summed E-state index contributed by atoms with van der Waals surface area (Å²) in [6.45, 7) is 2.18. The summed E-state index contributed by atoms with van der Waals surface area (Å²) in [6.07, 6.45) is 0. The zero-order valence-electron chi connectivity index (χ0n) is 15.8. The summed E-state index contributed by atoms with van der Waals surface area (Å²) < 4.78 is 11.2. The molecule has 0 aliphatic heterocycles. The van der Waals surface area contributed by atoms with E-state index in [9.17, 15) is 4.79 Å². The Morgan fingerprint density at radius 2 is 1.90 bits per heavy atom. The van der Waals surface area contributed by atoms with Gasteiger partial charge in [-0.05, 0) is 47.5 Å². The number of ether oxygens (including phenoxy) is 1. The van der Waals surface area contributed by atoms with Gasteiger partial charge in [0.1, 0.15) is 5.75 Å². The average Bonchev–Trinajstić information content (AvgIpc) is 3.19. The number of anilines is 1. The van der Waals surface area contributed by atoms with E-state index in [1.807, 2.05) is 73.7 Å². The van der Waals surface area contributed by atoms with Crippen molar-refractivity contribution in [2.45, 2.75) is 18.8 Å². The number of rotatable bonds is 7. The number of aryl methyl sites for hydroxylation is 1. The second kappa shape index (κ2) is 8.79. The fraction of sp³-hybridized carbons (Fsp3) is 0.136. The maximum absolute atomic E-state index is 12.2.